The second kappa shape index (κ2) is 8.21. The van der Waals surface area contributed by atoms with Crippen molar-refractivity contribution in [1.29, 1.82) is 0 Å². The number of aromatic nitrogens is 2. The van der Waals surface area contributed by atoms with Gasteiger partial charge in [-0.1, -0.05) is 62.4 Å². The fraction of sp³-hybridized carbons (Fsp3) is 0.471. The lowest BCUT2D eigenvalue weighted by atomic mass is 9.98. The first-order chi connectivity index (χ1) is 11.4. The summed E-state index contributed by atoms with van der Waals surface area (Å²) in [6, 6.07) is 9.10. The maximum Gasteiger partial charge on any atom is 0.315 e. The molecular weight excluding hydrogens is 324 g/mol. The van der Waals surface area contributed by atoms with Gasteiger partial charge in [-0.15, -0.1) is 10.2 Å². The lowest BCUT2D eigenvalue weighted by molar-refractivity contribution is 0.215. The van der Waals surface area contributed by atoms with Crippen molar-refractivity contribution in [3.8, 4) is 0 Å². The van der Waals surface area contributed by atoms with E-state index in [4.69, 9.17) is 0 Å². The van der Waals surface area contributed by atoms with Gasteiger partial charge < -0.3 is 15.7 Å². The summed E-state index contributed by atoms with van der Waals surface area (Å²) >= 11 is 1.49. The molecule has 6 nitrogen and oxygen atoms in total. The average Bonchev–Trinajstić information content (AvgIpc) is 3.02. The number of aliphatic hydroxyl groups excluding tert-OH is 1. The summed E-state index contributed by atoms with van der Waals surface area (Å²) in [5.41, 5.74) is 1.02. The molecule has 2 rings (SSSR count). The van der Waals surface area contributed by atoms with Crippen LogP contribution in [0.25, 0.3) is 0 Å². The van der Waals surface area contributed by atoms with Gasteiger partial charge in [-0.05, 0) is 12.0 Å². The lowest BCUT2D eigenvalue weighted by Gasteiger charge is -2.16. The van der Waals surface area contributed by atoms with Crippen molar-refractivity contribution in [2.24, 2.45) is 0 Å². The third-order valence-electron chi connectivity index (χ3n) is 3.39. The largest absolute Gasteiger partial charge is 0.394 e. The van der Waals surface area contributed by atoms with Crippen molar-refractivity contribution >= 4 is 17.4 Å². The van der Waals surface area contributed by atoms with Gasteiger partial charge in [0.05, 0.1) is 19.2 Å². The molecule has 0 aliphatic rings. The Morgan fingerprint density at radius 3 is 2.54 bits per heavy atom. The molecule has 0 aliphatic heterocycles. The molecule has 0 unspecified atom stereocenters. The van der Waals surface area contributed by atoms with E-state index in [-0.39, 0.29) is 24.1 Å². The predicted octanol–water partition coefficient (Wildman–Crippen LogP) is 2.24. The molecule has 7 heteroatoms. The Balaban J connectivity index is 1.82. The molecular formula is C17H24N4O2S. The lowest BCUT2D eigenvalue weighted by Crippen LogP contribution is -2.44. The van der Waals surface area contributed by atoms with Crippen molar-refractivity contribution < 1.29 is 9.90 Å². The van der Waals surface area contributed by atoms with E-state index >= 15 is 0 Å². The van der Waals surface area contributed by atoms with Gasteiger partial charge in [0.15, 0.2) is 0 Å². The first-order valence-electron chi connectivity index (χ1n) is 7.90. The predicted molar refractivity (Wildman–Crippen MR) is 95.0 cm³/mol. The number of hydrogen-bond donors (Lipinski definition) is 3. The average molecular weight is 348 g/mol. The van der Waals surface area contributed by atoms with E-state index in [1.165, 1.54) is 11.3 Å². The Morgan fingerprint density at radius 2 is 1.96 bits per heavy atom. The van der Waals surface area contributed by atoms with Crippen LogP contribution in [0, 0.1) is 0 Å². The van der Waals surface area contributed by atoms with Crippen LogP contribution in [0.3, 0.4) is 0 Å². The Bertz CT molecular complexity index is 652. The minimum absolute atomic E-state index is 0.0458. The smallest absolute Gasteiger partial charge is 0.315 e. The molecule has 0 aliphatic carbocycles. The summed E-state index contributed by atoms with van der Waals surface area (Å²) in [5.74, 6) is 0. The molecule has 1 aromatic carbocycles. The number of amides is 2. The molecule has 0 spiro atoms. The van der Waals surface area contributed by atoms with Crippen LogP contribution in [-0.4, -0.2) is 34.0 Å². The van der Waals surface area contributed by atoms with Gasteiger partial charge in [0.25, 0.3) is 0 Å². The summed E-state index contributed by atoms with van der Waals surface area (Å²) in [7, 11) is 0. The van der Waals surface area contributed by atoms with E-state index in [0.717, 1.165) is 15.6 Å². The number of urea groups is 1. The highest BCUT2D eigenvalue weighted by atomic mass is 32.1. The number of hydrogen-bond acceptors (Lipinski definition) is 5. The van der Waals surface area contributed by atoms with Crippen molar-refractivity contribution in [3.05, 3.63) is 45.9 Å². The summed E-state index contributed by atoms with van der Waals surface area (Å²) in [6.07, 6.45) is 0.581. The van der Waals surface area contributed by atoms with Gasteiger partial charge in [0.2, 0.25) is 0 Å². The zero-order chi connectivity index (χ0) is 17.6. The van der Waals surface area contributed by atoms with Crippen molar-refractivity contribution in [1.82, 2.24) is 20.8 Å². The molecule has 3 N–H and O–H groups in total. The van der Waals surface area contributed by atoms with E-state index in [2.05, 4.69) is 41.6 Å². The van der Waals surface area contributed by atoms with Gasteiger partial charge in [0, 0.05) is 5.41 Å². The molecule has 0 radical (unpaired) electrons. The summed E-state index contributed by atoms with van der Waals surface area (Å²) in [6.45, 7) is 6.44. The van der Waals surface area contributed by atoms with Gasteiger partial charge in [-0.3, -0.25) is 0 Å². The number of carbonyl (C=O) groups excluding carboxylic acids is 1. The molecule has 130 valence electrons. The van der Waals surface area contributed by atoms with Crippen LogP contribution in [0.1, 0.15) is 36.3 Å². The van der Waals surface area contributed by atoms with E-state index in [1.54, 1.807) is 0 Å². The van der Waals surface area contributed by atoms with Gasteiger partial charge >= 0.3 is 6.03 Å². The third kappa shape index (κ3) is 5.58. The molecule has 24 heavy (non-hydrogen) atoms. The zero-order valence-electron chi connectivity index (χ0n) is 14.2. The topological polar surface area (TPSA) is 87.1 Å². The SMILES string of the molecule is CC(C)(C)c1nnc(CNC(=O)N[C@H](CO)Cc2ccccc2)s1. The summed E-state index contributed by atoms with van der Waals surface area (Å²) in [5, 5.41) is 24.9. The van der Waals surface area contributed by atoms with E-state index in [0.29, 0.717) is 13.0 Å². The fourth-order valence-corrected chi connectivity index (χ4v) is 2.92. The Kier molecular flexibility index (Phi) is 6.28. The van der Waals surface area contributed by atoms with Gasteiger partial charge in [-0.2, -0.15) is 0 Å². The van der Waals surface area contributed by atoms with E-state index in [9.17, 15) is 9.90 Å². The monoisotopic (exact) mass is 348 g/mol. The highest BCUT2D eigenvalue weighted by molar-refractivity contribution is 7.11. The maximum absolute atomic E-state index is 12.0. The second-order valence-electron chi connectivity index (χ2n) is 6.65. The Morgan fingerprint density at radius 1 is 1.25 bits per heavy atom. The Labute approximate surface area is 146 Å². The van der Waals surface area contributed by atoms with Crippen LogP contribution in [0.4, 0.5) is 4.79 Å². The van der Waals surface area contributed by atoms with Gasteiger partial charge in [0.1, 0.15) is 10.0 Å². The minimum Gasteiger partial charge on any atom is -0.394 e. The zero-order valence-corrected chi connectivity index (χ0v) is 15.1. The molecule has 1 heterocycles. The van der Waals surface area contributed by atoms with Crippen LogP contribution >= 0.6 is 11.3 Å². The van der Waals surface area contributed by atoms with Gasteiger partial charge in [-0.25, -0.2) is 4.79 Å². The fourth-order valence-electron chi connectivity index (χ4n) is 2.08. The third-order valence-corrected chi connectivity index (χ3v) is 4.74. The molecule has 1 aromatic heterocycles. The van der Waals surface area contributed by atoms with Crippen LogP contribution in [-0.2, 0) is 18.4 Å². The molecule has 2 amide bonds. The van der Waals surface area contributed by atoms with E-state index < -0.39 is 0 Å². The van der Waals surface area contributed by atoms with Crippen molar-refractivity contribution in [2.45, 2.75) is 45.2 Å². The first-order valence-corrected chi connectivity index (χ1v) is 8.72. The number of nitrogens with zero attached hydrogens (tertiary/aromatic N) is 2. The van der Waals surface area contributed by atoms with Crippen molar-refractivity contribution in [2.75, 3.05) is 6.61 Å². The van der Waals surface area contributed by atoms with Crippen LogP contribution in [0.2, 0.25) is 0 Å². The quantitative estimate of drug-likeness (QED) is 0.747. The molecule has 0 fully saturated rings. The molecule has 0 saturated heterocycles. The molecule has 1 atom stereocenters. The number of nitrogens with one attached hydrogen (secondary N) is 2. The number of aliphatic hydroxyl groups is 1. The standard InChI is InChI=1S/C17H24N4O2S/c1-17(2,3)15-21-20-14(24-15)10-18-16(23)19-13(11-22)9-12-7-5-4-6-8-12/h4-8,13,22H,9-11H2,1-3H3,(H2,18,19,23)/t13-/m0/s1. The highest BCUT2D eigenvalue weighted by Crippen LogP contribution is 2.25. The number of carbonyl (C=O) groups is 1. The van der Waals surface area contributed by atoms with Crippen LogP contribution in [0.15, 0.2) is 30.3 Å². The Hall–Kier alpha value is -1.99. The molecule has 2 aromatic rings. The van der Waals surface area contributed by atoms with Crippen molar-refractivity contribution in [3.63, 3.8) is 0 Å². The normalized spacial score (nSPS) is 12.7. The minimum atomic E-state index is -0.327. The summed E-state index contributed by atoms with van der Waals surface area (Å²) < 4.78 is 0. The second-order valence-corrected chi connectivity index (χ2v) is 7.71. The van der Waals surface area contributed by atoms with Crippen LogP contribution in [0.5, 0.6) is 0 Å². The first kappa shape index (κ1) is 18.4. The highest BCUT2D eigenvalue weighted by Gasteiger charge is 2.19. The summed E-state index contributed by atoms with van der Waals surface area (Å²) in [4.78, 5) is 12.0. The van der Waals surface area contributed by atoms with E-state index in [1.807, 2.05) is 30.3 Å². The molecule has 0 saturated carbocycles. The maximum atomic E-state index is 12.0. The molecule has 0 bridgehead atoms. The number of rotatable bonds is 6. The van der Waals surface area contributed by atoms with Crippen LogP contribution < -0.4 is 10.6 Å². The number of benzene rings is 1.